The van der Waals surface area contributed by atoms with Crippen LogP contribution in [0.15, 0.2) is 36.4 Å². The molecule has 2 aromatic rings. The monoisotopic (exact) mass is 331 g/mol. The summed E-state index contributed by atoms with van der Waals surface area (Å²) in [5.74, 6) is 1.18. The molecule has 0 aromatic heterocycles. The summed E-state index contributed by atoms with van der Waals surface area (Å²) >= 11 is 6.20. The van der Waals surface area contributed by atoms with E-state index < -0.39 is 0 Å². The number of carbonyl (C=O) groups is 1. The van der Waals surface area contributed by atoms with Gasteiger partial charge in [0.05, 0.1) is 0 Å². The van der Waals surface area contributed by atoms with E-state index in [0.717, 1.165) is 17.2 Å². The van der Waals surface area contributed by atoms with Gasteiger partial charge in [0.25, 0.3) is 5.91 Å². The standard InChI is InChI=1S/C19H22ClNO2/c1-13-6-2-5-9-17(13)21-19(22)12-23-18-11-10-16(20)14-7-3-4-8-15(14)18/h3-4,7-8,10-11,13,17H,2,5-6,9,12H2,1H3,(H,21,22)/t13-,17+/m0/s1. The average Bonchev–Trinajstić information content (AvgIpc) is 2.57. The van der Waals surface area contributed by atoms with Gasteiger partial charge < -0.3 is 10.1 Å². The van der Waals surface area contributed by atoms with Crippen LogP contribution < -0.4 is 10.1 Å². The molecule has 1 saturated carbocycles. The Morgan fingerprint density at radius 1 is 1.17 bits per heavy atom. The van der Waals surface area contributed by atoms with Crippen molar-refractivity contribution in [1.82, 2.24) is 5.32 Å². The van der Waals surface area contributed by atoms with E-state index in [-0.39, 0.29) is 18.6 Å². The highest BCUT2D eigenvalue weighted by molar-refractivity contribution is 6.35. The van der Waals surface area contributed by atoms with Gasteiger partial charge in [-0.3, -0.25) is 4.79 Å². The molecule has 1 fully saturated rings. The Kier molecular flexibility index (Phi) is 5.06. The van der Waals surface area contributed by atoms with E-state index in [4.69, 9.17) is 16.3 Å². The number of carbonyl (C=O) groups excluding carboxylic acids is 1. The molecule has 2 aromatic carbocycles. The van der Waals surface area contributed by atoms with Gasteiger partial charge in [-0.15, -0.1) is 0 Å². The van der Waals surface area contributed by atoms with Crippen molar-refractivity contribution < 1.29 is 9.53 Å². The van der Waals surface area contributed by atoms with Gasteiger partial charge in [-0.1, -0.05) is 55.6 Å². The Morgan fingerprint density at radius 2 is 1.91 bits per heavy atom. The van der Waals surface area contributed by atoms with Gasteiger partial charge in [-0.25, -0.2) is 0 Å². The largest absolute Gasteiger partial charge is 0.483 e. The minimum absolute atomic E-state index is 0.0366. The highest BCUT2D eigenvalue weighted by atomic mass is 35.5. The van der Waals surface area contributed by atoms with Gasteiger partial charge in [0.1, 0.15) is 5.75 Å². The van der Waals surface area contributed by atoms with Crippen molar-refractivity contribution in [3.05, 3.63) is 41.4 Å². The van der Waals surface area contributed by atoms with Crippen molar-refractivity contribution in [2.75, 3.05) is 6.61 Å². The lowest BCUT2D eigenvalue weighted by molar-refractivity contribution is -0.124. The van der Waals surface area contributed by atoms with E-state index in [1.165, 1.54) is 19.3 Å². The molecular weight excluding hydrogens is 310 g/mol. The average molecular weight is 332 g/mol. The van der Waals surface area contributed by atoms with Crippen molar-refractivity contribution >= 4 is 28.3 Å². The predicted molar refractivity (Wildman–Crippen MR) is 94.0 cm³/mol. The zero-order chi connectivity index (χ0) is 16.2. The molecule has 0 spiro atoms. The Morgan fingerprint density at radius 3 is 2.70 bits per heavy atom. The Hall–Kier alpha value is -1.74. The first-order valence-electron chi connectivity index (χ1n) is 8.24. The van der Waals surface area contributed by atoms with Crippen molar-refractivity contribution in [3.8, 4) is 5.75 Å². The van der Waals surface area contributed by atoms with Gasteiger partial charge in [0.2, 0.25) is 0 Å². The van der Waals surface area contributed by atoms with Crippen LogP contribution in [0.2, 0.25) is 5.02 Å². The third kappa shape index (κ3) is 3.78. The zero-order valence-corrected chi connectivity index (χ0v) is 14.1. The van der Waals surface area contributed by atoms with Crippen molar-refractivity contribution in [2.45, 2.75) is 38.6 Å². The third-order valence-electron chi connectivity index (χ3n) is 4.65. The molecule has 0 aliphatic heterocycles. The molecule has 1 N–H and O–H groups in total. The van der Waals surface area contributed by atoms with Gasteiger partial charge in [0.15, 0.2) is 6.61 Å². The number of amides is 1. The van der Waals surface area contributed by atoms with Crippen molar-refractivity contribution in [3.63, 3.8) is 0 Å². The molecule has 4 heteroatoms. The summed E-state index contributed by atoms with van der Waals surface area (Å²) in [4.78, 5) is 12.2. The van der Waals surface area contributed by atoms with Crippen molar-refractivity contribution in [2.24, 2.45) is 5.92 Å². The Labute approximate surface area is 142 Å². The number of fused-ring (bicyclic) bond motifs is 1. The summed E-state index contributed by atoms with van der Waals surface area (Å²) in [6.07, 6.45) is 4.71. The van der Waals surface area contributed by atoms with Gasteiger partial charge in [0, 0.05) is 21.8 Å². The molecule has 122 valence electrons. The fourth-order valence-electron chi connectivity index (χ4n) is 3.28. The van der Waals surface area contributed by atoms with E-state index in [9.17, 15) is 4.79 Å². The first-order chi connectivity index (χ1) is 11.1. The lowest BCUT2D eigenvalue weighted by Crippen LogP contribution is -2.43. The number of halogens is 1. The molecule has 1 aliphatic carbocycles. The quantitative estimate of drug-likeness (QED) is 0.891. The number of hydrogen-bond acceptors (Lipinski definition) is 2. The number of rotatable bonds is 4. The summed E-state index contributed by atoms with van der Waals surface area (Å²) in [6.45, 7) is 2.24. The maximum absolute atomic E-state index is 12.2. The van der Waals surface area contributed by atoms with Crippen LogP contribution in [0.5, 0.6) is 5.75 Å². The molecule has 0 heterocycles. The summed E-state index contributed by atoms with van der Waals surface area (Å²) in [6, 6.07) is 11.7. The smallest absolute Gasteiger partial charge is 0.258 e. The summed E-state index contributed by atoms with van der Waals surface area (Å²) in [5, 5.41) is 5.66. The molecule has 1 aliphatic rings. The number of benzene rings is 2. The number of ether oxygens (including phenoxy) is 1. The minimum Gasteiger partial charge on any atom is -0.483 e. The molecule has 2 atom stereocenters. The van der Waals surface area contributed by atoms with Crippen LogP contribution in [0.1, 0.15) is 32.6 Å². The predicted octanol–water partition coefficient (Wildman–Crippen LogP) is 4.57. The molecule has 23 heavy (non-hydrogen) atoms. The van der Waals surface area contributed by atoms with Crippen LogP contribution in [0.4, 0.5) is 0 Å². The van der Waals surface area contributed by atoms with Gasteiger partial charge in [-0.05, 0) is 30.9 Å². The second kappa shape index (κ2) is 7.22. The van der Waals surface area contributed by atoms with Gasteiger partial charge >= 0.3 is 0 Å². The summed E-state index contributed by atoms with van der Waals surface area (Å²) in [7, 11) is 0. The van der Waals surface area contributed by atoms with E-state index >= 15 is 0 Å². The lowest BCUT2D eigenvalue weighted by Gasteiger charge is -2.29. The second-order valence-corrected chi connectivity index (χ2v) is 6.72. The summed E-state index contributed by atoms with van der Waals surface area (Å²) in [5.41, 5.74) is 0. The molecule has 0 bridgehead atoms. The topological polar surface area (TPSA) is 38.3 Å². The van der Waals surface area contributed by atoms with Crippen LogP contribution in [-0.4, -0.2) is 18.6 Å². The molecule has 0 radical (unpaired) electrons. The van der Waals surface area contributed by atoms with Crippen LogP contribution in [-0.2, 0) is 4.79 Å². The van der Waals surface area contributed by atoms with Gasteiger partial charge in [-0.2, -0.15) is 0 Å². The normalized spacial score (nSPS) is 21.1. The SMILES string of the molecule is C[C@H]1CCCC[C@H]1NC(=O)COc1ccc(Cl)c2ccccc12. The highest BCUT2D eigenvalue weighted by Gasteiger charge is 2.22. The molecule has 3 rings (SSSR count). The van der Waals surface area contributed by atoms with Crippen LogP contribution in [0.3, 0.4) is 0 Å². The van der Waals surface area contributed by atoms with E-state index in [0.29, 0.717) is 16.7 Å². The maximum atomic E-state index is 12.2. The van der Waals surface area contributed by atoms with Crippen molar-refractivity contribution in [1.29, 1.82) is 0 Å². The molecule has 0 unspecified atom stereocenters. The molecule has 0 saturated heterocycles. The molecule has 3 nitrogen and oxygen atoms in total. The van der Waals surface area contributed by atoms with E-state index in [1.54, 1.807) is 6.07 Å². The Bertz CT molecular complexity index is 701. The van der Waals surface area contributed by atoms with E-state index in [1.807, 2.05) is 30.3 Å². The first-order valence-corrected chi connectivity index (χ1v) is 8.62. The van der Waals surface area contributed by atoms with Crippen LogP contribution in [0, 0.1) is 5.92 Å². The zero-order valence-electron chi connectivity index (χ0n) is 13.3. The molecular formula is C19H22ClNO2. The third-order valence-corrected chi connectivity index (χ3v) is 4.98. The lowest BCUT2D eigenvalue weighted by atomic mass is 9.86. The van der Waals surface area contributed by atoms with Crippen LogP contribution >= 0.6 is 11.6 Å². The fraction of sp³-hybridized carbons (Fsp3) is 0.421. The number of nitrogens with one attached hydrogen (secondary N) is 1. The van der Waals surface area contributed by atoms with E-state index in [2.05, 4.69) is 12.2 Å². The minimum atomic E-state index is -0.0530. The second-order valence-electron chi connectivity index (χ2n) is 6.32. The highest BCUT2D eigenvalue weighted by Crippen LogP contribution is 2.31. The maximum Gasteiger partial charge on any atom is 0.258 e. The Balaban J connectivity index is 1.64. The number of hydrogen-bond donors (Lipinski definition) is 1. The molecule has 1 amide bonds. The van der Waals surface area contributed by atoms with Crippen LogP contribution in [0.25, 0.3) is 10.8 Å². The fourth-order valence-corrected chi connectivity index (χ4v) is 3.51. The first kappa shape index (κ1) is 16.1. The summed E-state index contributed by atoms with van der Waals surface area (Å²) < 4.78 is 5.74.